The maximum absolute atomic E-state index is 13.7. The average molecular weight is 295 g/mol. The number of para-hydroxylation sites is 1. The Balaban J connectivity index is 2.04. The zero-order valence-electron chi connectivity index (χ0n) is 11.7. The smallest absolute Gasteiger partial charge is 0.337 e. The summed E-state index contributed by atoms with van der Waals surface area (Å²) in [4.78, 5) is 25.1. The van der Waals surface area contributed by atoms with E-state index in [0.29, 0.717) is 0 Å². The number of amides is 2. The molecular formula is C14H18FN3O3. The van der Waals surface area contributed by atoms with Gasteiger partial charge in [-0.2, -0.15) is 0 Å². The van der Waals surface area contributed by atoms with Gasteiger partial charge in [0.2, 0.25) is 0 Å². The number of carboxylic acid groups (broad SMARTS) is 1. The number of halogens is 1. The maximum Gasteiger partial charge on any atom is 0.337 e. The van der Waals surface area contributed by atoms with E-state index in [0.717, 1.165) is 32.0 Å². The van der Waals surface area contributed by atoms with E-state index in [1.165, 1.54) is 12.1 Å². The number of piperidine rings is 1. The van der Waals surface area contributed by atoms with Crippen LogP contribution in [0.3, 0.4) is 0 Å². The molecule has 1 fully saturated rings. The molecule has 114 valence electrons. The summed E-state index contributed by atoms with van der Waals surface area (Å²) in [5, 5.41) is 14.1. The van der Waals surface area contributed by atoms with E-state index in [2.05, 4.69) is 15.5 Å². The molecule has 1 saturated heterocycles. The van der Waals surface area contributed by atoms with Crippen LogP contribution in [0.5, 0.6) is 0 Å². The van der Waals surface area contributed by atoms with Gasteiger partial charge in [0.1, 0.15) is 5.82 Å². The molecule has 1 aliphatic rings. The van der Waals surface area contributed by atoms with Crippen LogP contribution in [-0.2, 0) is 0 Å². The number of carbonyl (C=O) groups excluding carboxylic acids is 1. The summed E-state index contributed by atoms with van der Waals surface area (Å²) in [5.41, 5.74) is -0.586. The molecule has 1 heterocycles. The standard InChI is InChI=1S/C14H18FN3O3/c1-18-7-3-4-9(8-18)16-14(21)17-12-10(13(19)20)5-2-6-11(12)15/h2,5-6,9H,3-4,7-8H2,1H3,(H,19,20)(H2,16,17,21). The first-order valence-electron chi connectivity index (χ1n) is 6.75. The molecule has 0 bridgehead atoms. The Morgan fingerprint density at radius 2 is 2.19 bits per heavy atom. The highest BCUT2D eigenvalue weighted by Crippen LogP contribution is 2.20. The van der Waals surface area contributed by atoms with E-state index in [-0.39, 0.29) is 17.3 Å². The van der Waals surface area contributed by atoms with Gasteiger partial charge in [-0.15, -0.1) is 0 Å². The van der Waals surface area contributed by atoms with Gasteiger partial charge in [-0.1, -0.05) is 6.07 Å². The van der Waals surface area contributed by atoms with Crippen LogP contribution in [-0.4, -0.2) is 48.2 Å². The van der Waals surface area contributed by atoms with Gasteiger partial charge < -0.3 is 20.6 Å². The van der Waals surface area contributed by atoms with Crippen LogP contribution in [0.15, 0.2) is 18.2 Å². The van der Waals surface area contributed by atoms with Gasteiger partial charge in [-0.05, 0) is 38.6 Å². The second-order valence-corrected chi connectivity index (χ2v) is 5.17. The zero-order valence-corrected chi connectivity index (χ0v) is 11.7. The van der Waals surface area contributed by atoms with Gasteiger partial charge in [-0.25, -0.2) is 14.0 Å². The van der Waals surface area contributed by atoms with Crippen molar-refractivity contribution in [2.45, 2.75) is 18.9 Å². The van der Waals surface area contributed by atoms with Crippen molar-refractivity contribution in [1.82, 2.24) is 10.2 Å². The molecular weight excluding hydrogens is 277 g/mol. The predicted molar refractivity (Wildman–Crippen MR) is 76.0 cm³/mol. The Labute approximate surface area is 121 Å². The minimum Gasteiger partial charge on any atom is -0.478 e. The number of hydrogen-bond donors (Lipinski definition) is 3. The summed E-state index contributed by atoms with van der Waals surface area (Å²) >= 11 is 0. The summed E-state index contributed by atoms with van der Waals surface area (Å²) in [6.45, 7) is 1.70. The number of nitrogens with one attached hydrogen (secondary N) is 2. The Hall–Kier alpha value is -2.15. The van der Waals surface area contributed by atoms with E-state index in [9.17, 15) is 14.0 Å². The van der Waals surface area contributed by atoms with Gasteiger partial charge in [-0.3, -0.25) is 0 Å². The topological polar surface area (TPSA) is 81.7 Å². The molecule has 21 heavy (non-hydrogen) atoms. The SMILES string of the molecule is CN1CCCC(NC(=O)Nc2c(F)cccc2C(=O)O)C1. The van der Waals surface area contributed by atoms with Crippen LogP contribution in [0, 0.1) is 5.82 Å². The van der Waals surface area contributed by atoms with Crippen molar-refractivity contribution in [3.63, 3.8) is 0 Å². The minimum absolute atomic E-state index is 0.0243. The number of carboxylic acids is 1. The summed E-state index contributed by atoms with van der Waals surface area (Å²) in [6.07, 6.45) is 1.82. The van der Waals surface area contributed by atoms with E-state index < -0.39 is 17.8 Å². The molecule has 0 aliphatic carbocycles. The summed E-state index contributed by atoms with van der Waals surface area (Å²) in [5.74, 6) is -2.06. The van der Waals surface area contributed by atoms with Gasteiger partial charge in [0.15, 0.2) is 0 Å². The number of hydrogen-bond acceptors (Lipinski definition) is 3. The molecule has 3 N–H and O–H groups in total. The number of rotatable bonds is 3. The lowest BCUT2D eigenvalue weighted by Gasteiger charge is -2.30. The molecule has 2 rings (SSSR count). The van der Waals surface area contributed by atoms with Gasteiger partial charge in [0, 0.05) is 12.6 Å². The quantitative estimate of drug-likeness (QED) is 0.793. The second-order valence-electron chi connectivity index (χ2n) is 5.17. The van der Waals surface area contributed by atoms with E-state index in [1.807, 2.05) is 7.05 Å². The average Bonchev–Trinajstić information content (AvgIpc) is 2.40. The fourth-order valence-corrected chi connectivity index (χ4v) is 2.45. The number of aromatic carboxylic acids is 1. The molecule has 1 atom stereocenters. The van der Waals surface area contributed by atoms with E-state index in [1.54, 1.807) is 0 Å². The third-order valence-corrected chi connectivity index (χ3v) is 3.44. The predicted octanol–water partition coefficient (Wildman–Crippen LogP) is 1.74. The van der Waals surface area contributed by atoms with E-state index >= 15 is 0 Å². The van der Waals surface area contributed by atoms with Crippen molar-refractivity contribution in [1.29, 1.82) is 0 Å². The Kier molecular flexibility index (Phi) is 4.74. The fourth-order valence-electron chi connectivity index (χ4n) is 2.45. The van der Waals surface area contributed by atoms with Gasteiger partial charge in [0.25, 0.3) is 0 Å². The van der Waals surface area contributed by atoms with Crippen LogP contribution >= 0.6 is 0 Å². The molecule has 7 heteroatoms. The molecule has 1 aliphatic heterocycles. The van der Waals surface area contributed by atoms with Crippen molar-refractivity contribution in [3.8, 4) is 0 Å². The Bertz CT molecular complexity index is 550. The van der Waals surface area contributed by atoms with Crippen LogP contribution < -0.4 is 10.6 Å². The van der Waals surface area contributed by atoms with Gasteiger partial charge in [0.05, 0.1) is 11.3 Å². The number of benzene rings is 1. The lowest BCUT2D eigenvalue weighted by molar-refractivity contribution is 0.0697. The highest BCUT2D eigenvalue weighted by molar-refractivity contribution is 6.00. The molecule has 6 nitrogen and oxygen atoms in total. The summed E-state index contributed by atoms with van der Waals surface area (Å²) < 4.78 is 13.7. The number of likely N-dealkylation sites (tertiary alicyclic amines) is 1. The number of likely N-dealkylation sites (N-methyl/N-ethyl adjacent to an activating group) is 1. The van der Waals surface area contributed by atoms with Crippen molar-refractivity contribution in [2.24, 2.45) is 0 Å². The Morgan fingerprint density at radius 1 is 1.43 bits per heavy atom. The molecule has 0 aromatic heterocycles. The van der Waals surface area contributed by atoms with E-state index in [4.69, 9.17) is 5.11 Å². The molecule has 0 spiro atoms. The minimum atomic E-state index is -1.29. The molecule has 2 amide bonds. The second kappa shape index (κ2) is 6.53. The number of anilines is 1. The van der Waals surface area contributed by atoms with Crippen molar-refractivity contribution in [3.05, 3.63) is 29.6 Å². The third kappa shape index (κ3) is 3.91. The molecule has 0 saturated carbocycles. The van der Waals surface area contributed by atoms with Crippen LogP contribution in [0.2, 0.25) is 0 Å². The van der Waals surface area contributed by atoms with Crippen molar-refractivity contribution < 1.29 is 19.1 Å². The number of urea groups is 1. The van der Waals surface area contributed by atoms with Crippen LogP contribution in [0.4, 0.5) is 14.9 Å². The Morgan fingerprint density at radius 3 is 2.86 bits per heavy atom. The summed E-state index contributed by atoms with van der Waals surface area (Å²) in [6, 6.07) is 3.02. The first kappa shape index (κ1) is 15.2. The van der Waals surface area contributed by atoms with Crippen LogP contribution in [0.1, 0.15) is 23.2 Å². The largest absolute Gasteiger partial charge is 0.478 e. The molecule has 1 unspecified atom stereocenters. The molecule has 1 aromatic carbocycles. The molecule has 0 radical (unpaired) electrons. The van der Waals surface area contributed by atoms with Gasteiger partial charge >= 0.3 is 12.0 Å². The fraction of sp³-hybridized carbons (Fsp3) is 0.429. The normalized spacial score (nSPS) is 19.0. The lowest BCUT2D eigenvalue weighted by atomic mass is 10.1. The monoisotopic (exact) mass is 295 g/mol. The number of nitrogens with zero attached hydrogens (tertiary/aromatic N) is 1. The summed E-state index contributed by atoms with van der Waals surface area (Å²) in [7, 11) is 1.96. The first-order chi connectivity index (χ1) is 9.97. The zero-order chi connectivity index (χ0) is 15.4. The van der Waals surface area contributed by atoms with Crippen molar-refractivity contribution in [2.75, 3.05) is 25.5 Å². The number of carbonyl (C=O) groups is 2. The first-order valence-corrected chi connectivity index (χ1v) is 6.75. The highest BCUT2D eigenvalue weighted by Gasteiger charge is 2.21. The maximum atomic E-state index is 13.7. The highest BCUT2D eigenvalue weighted by atomic mass is 19.1. The third-order valence-electron chi connectivity index (χ3n) is 3.44. The molecule has 1 aromatic rings. The van der Waals surface area contributed by atoms with Crippen LogP contribution in [0.25, 0.3) is 0 Å². The van der Waals surface area contributed by atoms with Crippen molar-refractivity contribution >= 4 is 17.7 Å². The lowest BCUT2D eigenvalue weighted by Crippen LogP contribution is -2.47.